The van der Waals surface area contributed by atoms with Gasteiger partial charge in [0.15, 0.2) is 0 Å². The van der Waals surface area contributed by atoms with E-state index in [2.05, 4.69) is 0 Å². The highest BCUT2D eigenvalue weighted by molar-refractivity contribution is 5.41. The zero-order chi connectivity index (χ0) is 15.2. The van der Waals surface area contributed by atoms with Gasteiger partial charge < -0.3 is 15.2 Å². The maximum atomic E-state index is 12.9. The van der Waals surface area contributed by atoms with Crippen molar-refractivity contribution in [2.75, 3.05) is 14.2 Å². The van der Waals surface area contributed by atoms with Crippen molar-refractivity contribution in [3.05, 3.63) is 59.4 Å². The summed E-state index contributed by atoms with van der Waals surface area (Å²) < 4.78 is 23.5. The van der Waals surface area contributed by atoms with E-state index in [0.29, 0.717) is 12.8 Å². The van der Waals surface area contributed by atoms with Gasteiger partial charge in [0.05, 0.1) is 14.2 Å². The molecule has 1 atom stereocenters. The van der Waals surface area contributed by atoms with Crippen molar-refractivity contribution >= 4 is 0 Å². The molecule has 2 rings (SSSR count). The molecule has 0 heterocycles. The molecule has 2 N–H and O–H groups in total. The molecule has 0 saturated carbocycles. The zero-order valence-corrected chi connectivity index (χ0v) is 12.3. The van der Waals surface area contributed by atoms with Crippen molar-refractivity contribution < 1.29 is 13.9 Å². The average molecular weight is 289 g/mol. The molecule has 0 amide bonds. The fourth-order valence-corrected chi connectivity index (χ4v) is 2.32. The molecule has 0 spiro atoms. The molecule has 0 saturated heterocycles. The van der Waals surface area contributed by atoms with Crippen LogP contribution in [0.25, 0.3) is 0 Å². The van der Waals surface area contributed by atoms with Gasteiger partial charge in [-0.05, 0) is 54.3 Å². The topological polar surface area (TPSA) is 44.5 Å². The number of methoxy groups -OCH3 is 2. The lowest BCUT2D eigenvalue weighted by Crippen LogP contribution is -2.25. The standard InChI is InChI=1S/C17H20FNO2/c1-20-16-7-8-17(21-2)13(11-16)10-15(19)9-12-3-5-14(18)6-4-12/h3-8,11,15H,9-10,19H2,1-2H3. The highest BCUT2D eigenvalue weighted by atomic mass is 19.1. The van der Waals surface area contributed by atoms with Gasteiger partial charge in [0, 0.05) is 6.04 Å². The van der Waals surface area contributed by atoms with Crippen LogP contribution in [0.3, 0.4) is 0 Å². The summed E-state index contributed by atoms with van der Waals surface area (Å²) in [6.07, 6.45) is 1.35. The third kappa shape index (κ3) is 4.20. The first-order chi connectivity index (χ1) is 10.1. The summed E-state index contributed by atoms with van der Waals surface area (Å²) in [5, 5.41) is 0. The Morgan fingerprint density at radius 3 is 2.33 bits per heavy atom. The van der Waals surface area contributed by atoms with Crippen LogP contribution in [0.4, 0.5) is 4.39 Å². The lowest BCUT2D eigenvalue weighted by Gasteiger charge is -2.15. The molecule has 3 nitrogen and oxygen atoms in total. The number of ether oxygens (including phenoxy) is 2. The van der Waals surface area contributed by atoms with E-state index in [-0.39, 0.29) is 11.9 Å². The molecule has 0 fully saturated rings. The second-order valence-corrected chi connectivity index (χ2v) is 4.97. The Labute approximate surface area is 124 Å². The first-order valence-electron chi connectivity index (χ1n) is 6.83. The van der Waals surface area contributed by atoms with Crippen LogP contribution in [-0.2, 0) is 12.8 Å². The minimum Gasteiger partial charge on any atom is -0.497 e. The number of halogens is 1. The van der Waals surface area contributed by atoms with Crippen molar-refractivity contribution in [1.82, 2.24) is 0 Å². The first-order valence-corrected chi connectivity index (χ1v) is 6.83. The van der Waals surface area contributed by atoms with Crippen LogP contribution in [0, 0.1) is 5.82 Å². The van der Waals surface area contributed by atoms with Crippen LogP contribution in [0.15, 0.2) is 42.5 Å². The van der Waals surface area contributed by atoms with Gasteiger partial charge in [0.1, 0.15) is 17.3 Å². The largest absolute Gasteiger partial charge is 0.497 e. The van der Waals surface area contributed by atoms with Gasteiger partial charge in [-0.25, -0.2) is 4.39 Å². The van der Waals surface area contributed by atoms with Gasteiger partial charge in [0.25, 0.3) is 0 Å². The van der Waals surface area contributed by atoms with Crippen LogP contribution >= 0.6 is 0 Å². The van der Waals surface area contributed by atoms with E-state index in [1.54, 1.807) is 26.4 Å². The van der Waals surface area contributed by atoms with Crippen molar-refractivity contribution in [2.24, 2.45) is 5.73 Å². The fraction of sp³-hybridized carbons (Fsp3) is 0.294. The highest BCUT2D eigenvalue weighted by Crippen LogP contribution is 2.25. The summed E-state index contributed by atoms with van der Waals surface area (Å²) in [7, 11) is 3.26. The quantitative estimate of drug-likeness (QED) is 0.889. The summed E-state index contributed by atoms with van der Waals surface area (Å²) in [5.74, 6) is 1.34. The van der Waals surface area contributed by atoms with Crippen molar-refractivity contribution in [1.29, 1.82) is 0 Å². The van der Waals surface area contributed by atoms with Gasteiger partial charge >= 0.3 is 0 Å². The third-order valence-corrected chi connectivity index (χ3v) is 3.38. The maximum absolute atomic E-state index is 12.9. The zero-order valence-electron chi connectivity index (χ0n) is 12.3. The Bertz CT molecular complexity index is 584. The smallest absolute Gasteiger partial charge is 0.123 e. The third-order valence-electron chi connectivity index (χ3n) is 3.38. The molecule has 0 aliphatic carbocycles. The van der Waals surface area contributed by atoms with Crippen LogP contribution in [0.1, 0.15) is 11.1 Å². The molecule has 0 radical (unpaired) electrons. The van der Waals surface area contributed by atoms with Gasteiger partial charge in [-0.2, -0.15) is 0 Å². The van der Waals surface area contributed by atoms with E-state index in [9.17, 15) is 4.39 Å². The second-order valence-electron chi connectivity index (χ2n) is 4.97. The summed E-state index contributed by atoms with van der Waals surface area (Å²) in [4.78, 5) is 0. The van der Waals surface area contributed by atoms with E-state index >= 15 is 0 Å². The molecular formula is C17H20FNO2. The van der Waals surface area contributed by atoms with Gasteiger partial charge in [-0.1, -0.05) is 12.1 Å². The van der Waals surface area contributed by atoms with Crippen molar-refractivity contribution in [2.45, 2.75) is 18.9 Å². The minimum absolute atomic E-state index is 0.0727. The molecule has 0 aromatic heterocycles. The molecule has 2 aromatic rings. The van der Waals surface area contributed by atoms with E-state index in [1.807, 2.05) is 18.2 Å². The summed E-state index contributed by atoms with van der Waals surface area (Å²) in [6.45, 7) is 0. The lowest BCUT2D eigenvalue weighted by molar-refractivity contribution is 0.397. The number of nitrogens with two attached hydrogens (primary N) is 1. The molecule has 0 bridgehead atoms. The monoisotopic (exact) mass is 289 g/mol. The molecule has 0 aliphatic heterocycles. The number of hydrogen-bond acceptors (Lipinski definition) is 3. The van der Waals surface area contributed by atoms with Crippen molar-refractivity contribution in [3.63, 3.8) is 0 Å². The second kappa shape index (κ2) is 7.09. The van der Waals surface area contributed by atoms with Gasteiger partial charge in [-0.3, -0.25) is 0 Å². The SMILES string of the molecule is COc1ccc(OC)c(CC(N)Cc2ccc(F)cc2)c1. The van der Waals surface area contributed by atoms with Crippen LogP contribution in [0.2, 0.25) is 0 Å². The van der Waals surface area contributed by atoms with E-state index in [0.717, 1.165) is 22.6 Å². The van der Waals surface area contributed by atoms with Gasteiger partial charge in [-0.15, -0.1) is 0 Å². The Hall–Kier alpha value is -2.07. The minimum atomic E-state index is -0.234. The summed E-state index contributed by atoms with van der Waals surface area (Å²) in [5.41, 5.74) is 8.23. The molecule has 21 heavy (non-hydrogen) atoms. The number of rotatable bonds is 6. The Balaban J connectivity index is 2.07. The first kappa shape index (κ1) is 15.3. The van der Waals surface area contributed by atoms with Crippen molar-refractivity contribution in [3.8, 4) is 11.5 Å². The predicted molar refractivity (Wildman–Crippen MR) is 81.3 cm³/mol. The Kier molecular flexibility index (Phi) is 5.17. The maximum Gasteiger partial charge on any atom is 0.123 e. The number of benzene rings is 2. The Morgan fingerprint density at radius 2 is 1.71 bits per heavy atom. The average Bonchev–Trinajstić information content (AvgIpc) is 2.49. The molecule has 1 unspecified atom stereocenters. The summed E-state index contributed by atoms with van der Waals surface area (Å²) in [6, 6.07) is 12.0. The molecular weight excluding hydrogens is 269 g/mol. The van der Waals surface area contributed by atoms with E-state index in [1.165, 1.54) is 12.1 Å². The van der Waals surface area contributed by atoms with E-state index in [4.69, 9.17) is 15.2 Å². The molecule has 4 heteroatoms. The van der Waals surface area contributed by atoms with E-state index < -0.39 is 0 Å². The van der Waals surface area contributed by atoms with Crippen LogP contribution < -0.4 is 15.2 Å². The normalized spacial score (nSPS) is 12.0. The predicted octanol–water partition coefficient (Wildman–Crippen LogP) is 2.96. The lowest BCUT2D eigenvalue weighted by atomic mass is 9.99. The molecule has 0 aliphatic rings. The molecule has 112 valence electrons. The van der Waals surface area contributed by atoms with Gasteiger partial charge in [0.2, 0.25) is 0 Å². The van der Waals surface area contributed by atoms with Crippen LogP contribution in [0.5, 0.6) is 11.5 Å². The highest BCUT2D eigenvalue weighted by Gasteiger charge is 2.11. The summed E-state index contributed by atoms with van der Waals surface area (Å²) >= 11 is 0. The number of hydrogen-bond donors (Lipinski definition) is 1. The van der Waals surface area contributed by atoms with Crippen LogP contribution in [-0.4, -0.2) is 20.3 Å². The molecule has 2 aromatic carbocycles. The Morgan fingerprint density at radius 1 is 1.00 bits per heavy atom. The fourth-order valence-electron chi connectivity index (χ4n) is 2.32.